The van der Waals surface area contributed by atoms with Gasteiger partial charge in [-0.15, -0.1) is 0 Å². The average Bonchev–Trinajstić information content (AvgIpc) is 3.22. The fourth-order valence-electron chi connectivity index (χ4n) is 1.79. The second kappa shape index (κ2) is 6.72. The first kappa shape index (κ1) is 14.8. The Morgan fingerprint density at radius 1 is 1.40 bits per heavy atom. The maximum Gasteiger partial charge on any atom is 0.339 e. The summed E-state index contributed by atoms with van der Waals surface area (Å²) < 4.78 is 4.60. The van der Waals surface area contributed by atoms with Gasteiger partial charge in [0.1, 0.15) is 0 Å². The van der Waals surface area contributed by atoms with E-state index in [2.05, 4.69) is 15.4 Å². The van der Waals surface area contributed by atoms with Crippen LogP contribution in [0, 0.1) is 5.92 Å². The van der Waals surface area contributed by atoms with Crippen LogP contribution in [0.25, 0.3) is 0 Å². The van der Waals surface area contributed by atoms with Gasteiger partial charge in [0.15, 0.2) is 0 Å². The van der Waals surface area contributed by atoms with Crippen molar-refractivity contribution in [3.63, 3.8) is 0 Å². The molecule has 1 aromatic carbocycles. The zero-order valence-corrected chi connectivity index (χ0v) is 12.0. The van der Waals surface area contributed by atoms with Crippen molar-refractivity contribution in [2.75, 3.05) is 25.5 Å². The van der Waals surface area contributed by atoms with E-state index in [-0.39, 0.29) is 23.0 Å². The number of amides is 1. The van der Waals surface area contributed by atoms with Crippen LogP contribution in [0.1, 0.15) is 23.2 Å². The van der Waals surface area contributed by atoms with Crippen molar-refractivity contribution in [3.05, 3.63) is 28.8 Å². The summed E-state index contributed by atoms with van der Waals surface area (Å²) in [5, 5.41) is 6.08. The largest absolute Gasteiger partial charge is 0.465 e. The average molecular weight is 297 g/mol. The molecule has 1 amide bonds. The van der Waals surface area contributed by atoms with E-state index in [4.69, 9.17) is 11.6 Å². The molecule has 2 rings (SSSR count). The third-order valence-electron chi connectivity index (χ3n) is 3.07. The van der Waals surface area contributed by atoms with Crippen molar-refractivity contribution in [2.45, 2.75) is 12.8 Å². The predicted octanol–water partition coefficient (Wildman–Crippen LogP) is 2.06. The summed E-state index contributed by atoms with van der Waals surface area (Å²) in [6.07, 6.45) is 2.50. The minimum atomic E-state index is -0.501. The van der Waals surface area contributed by atoms with Crippen LogP contribution >= 0.6 is 11.6 Å². The standard InChI is InChI=1S/C14H17ClN2O3/c1-20-14(19)11-5-4-10(6-12(11)15)17-13(18)8-16-7-9-2-3-9/h4-6,9,16H,2-3,7-8H2,1H3,(H,17,18). The highest BCUT2D eigenvalue weighted by atomic mass is 35.5. The molecule has 0 aromatic heterocycles. The van der Waals surface area contributed by atoms with Gasteiger partial charge in [-0.25, -0.2) is 4.79 Å². The lowest BCUT2D eigenvalue weighted by atomic mass is 10.2. The van der Waals surface area contributed by atoms with E-state index in [0.717, 1.165) is 12.5 Å². The Kier molecular flexibility index (Phi) is 4.98. The SMILES string of the molecule is COC(=O)c1ccc(NC(=O)CNCC2CC2)cc1Cl. The molecule has 0 radical (unpaired) electrons. The summed E-state index contributed by atoms with van der Waals surface area (Å²) in [5.74, 6) is 0.100. The van der Waals surface area contributed by atoms with Gasteiger partial charge < -0.3 is 15.4 Å². The van der Waals surface area contributed by atoms with Crippen molar-refractivity contribution >= 4 is 29.2 Å². The van der Waals surface area contributed by atoms with Gasteiger partial charge in [0.2, 0.25) is 5.91 Å². The number of hydrogen-bond donors (Lipinski definition) is 2. The zero-order valence-electron chi connectivity index (χ0n) is 11.2. The monoisotopic (exact) mass is 296 g/mol. The van der Waals surface area contributed by atoms with Gasteiger partial charge in [0.05, 0.1) is 24.2 Å². The summed E-state index contributed by atoms with van der Waals surface area (Å²) >= 11 is 5.97. The number of anilines is 1. The lowest BCUT2D eigenvalue weighted by molar-refractivity contribution is -0.115. The number of hydrogen-bond acceptors (Lipinski definition) is 4. The van der Waals surface area contributed by atoms with Crippen LogP contribution in [0.15, 0.2) is 18.2 Å². The first-order valence-corrected chi connectivity index (χ1v) is 6.86. The quantitative estimate of drug-likeness (QED) is 0.789. The molecule has 20 heavy (non-hydrogen) atoms. The van der Waals surface area contributed by atoms with E-state index in [1.54, 1.807) is 6.07 Å². The second-order valence-corrected chi connectivity index (χ2v) is 5.22. The molecular weight excluding hydrogens is 280 g/mol. The van der Waals surface area contributed by atoms with Gasteiger partial charge in [-0.3, -0.25) is 4.79 Å². The molecule has 6 heteroatoms. The fourth-order valence-corrected chi connectivity index (χ4v) is 2.04. The van der Waals surface area contributed by atoms with E-state index in [9.17, 15) is 9.59 Å². The highest BCUT2D eigenvalue weighted by molar-refractivity contribution is 6.34. The number of nitrogens with one attached hydrogen (secondary N) is 2. The van der Waals surface area contributed by atoms with Crippen LogP contribution in [0.3, 0.4) is 0 Å². The van der Waals surface area contributed by atoms with E-state index in [0.29, 0.717) is 5.69 Å². The number of esters is 1. The minimum absolute atomic E-state index is 0.132. The zero-order chi connectivity index (χ0) is 14.5. The molecule has 1 aromatic rings. The van der Waals surface area contributed by atoms with E-state index in [1.807, 2.05) is 0 Å². The van der Waals surface area contributed by atoms with Gasteiger partial charge in [-0.2, -0.15) is 0 Å². The van der Waals surface area contributed by atoms with Gasteiger partial charge >= 0.3 is 5.97 Å². The normalized spacial score (nSPS) is 13.9. The Balaban J connectivity index is 1.86. The Bertz CT molecular complexity index is 515. The van der Waals surface area contributed by atoms with Crippen LogP contribution in [-0.2, 0) is 9.53 Å². The molecule has 1 saturated carbocycles. The summed E-state index contributed by atoms with van der Waals surface area (Å²) in [7, 11) is 1.29. The molecule has 0 atom stereocenters. The molecule has 0 saturated heterocycles. The minimum Gasteiger partial charge on any atom is -0.465 e. The number of carbonyl (C=O) groups is 2. The van der Waals surface area contributed by atoms with Gasteiger partial charge in [-0.1, -0.05) is 11.6 Å². The lowest BCUT2D eigenvalue weighted by Crippen LogP contribution is -2.29. The Labute approximate surface area is 122 Å². The van der Waals surface area contributed by atoms with Crippen LogP contribution < -0.4 is 10.6 Å². The first-order valence-electron chi connectivity index (χ1n) is 6.48. The molecule has 1 aliphatic rings. The maximum atomic E-state index is 11.7. The number of rotatable bonds is 6. The molecule has 0 unspecified atom stereocenters. The van der Waals surface area contributed by atoms with Crippen LogP contribution in [0.4, 0.5) is 5.69 Å². The molecule has 0 heterocycles. The van der Waals surface area contributed by atoms with Crippen LogP contribution in [-0.4, -0.2) is 32.1 Å². The highest BCUT2D eigenvalue weighted by Crippen LogP contribution is 2.27. The molecule has 0 bridgehead atoms. The number of carbonyl (C=O) groups excluding carboxylic acids is 2. The number of benzene rings is 1. The smallest absolute Gasteiger partial charge is 0.339 e. The third kappa shape index (κ3) is 4.21. The summed E-state index contributed by atoms with van der Waals surface area (Å²) in [4.78, 5) is 23.1. The van der Waals surface area contributed by atoms with Crippen molar-refractivity contribution in [3.8, 4) is 0 Å². The maximum absolute atomic E-state index is 11.7. The first-order chi connectivity index (χ1) is 9.60. The molecule has 1 fully saturated rings. The molecular formula is C14H17ClN2O3. The molecule has 2 N–H and O–H groups in total. The topological polar surface area (TPSA) is 67.4 Å². The fraction of sp³-hybridized carbons (Fsp3) is 0.429. The Morgan fingerprint density at radius 2 is 2.15 bits per heavy atom. The van der Waals surface area contributed by atoms with Crippen molar-refractivity contribution in [1.29, 1.82) is 0 Å². The van der Waals surface area contributed by atoms with Crippen molar-refractivity contribution in [2.24, 2.45) is 5.92 Å². The molecule has 1 aliphatic carbocycles. The van der Waals surface area contributed by atoms with Crippen LogP contribution in [0.2, 0.25) is 5.02 Å². The molecule has 0 spiro atoms. The van der Waals surface area contributed by atoms with Crippen molar-refractivity contribution < 1.29 is 14.3 Å². The van der Waals surface area contributed by atoms with Gasteiger partial charge in [-0.05, 0) is 43.5 Å². The number of halogens is 1. The van der Waals surface area contributed by atoms with Gasteiger partial charge in [0.25, 0.3) is 0 Å². The summed E-state index contributed by atoms with van der Waals surface area (Å²) in [5.41, 5.74) is 0.833. The van der Waals surface area contributed by atoms with Gasteiger partial charge in [0, 0.05) is 5.69 Å². The predicted molar refractivity (Wildman–Crippen MR) is 77.0 cm³/mol. The van der Waals surface area contributed by atoms with Crippen LogP contribution in [0.5, 0.6) is 0 Å². The highest BCUT2D eigenvalue weighted by Gasteiger charge is 2.20. The second-order valence-electron chi connectivity index (χ2n) is 4.81. The van der Waals surface area contributed by atoms with E-state index < -0.39 is 5.97 Å². The summed E-state index contributed by atoms with van der Waals surface area (Å²) in [6, 6.07) is 4.69. The Hall–Kier alpha value is -1.59. The third-order valence-corrected chi connectivity index (χ3v) is 3.39. The molecule has 0 aliphatic heterocycles. The lowest BCUT2D eigenvalue weighted by Gasteiger charge is -2.08. The van der Waals surface area contributed by atoms with E-state index in [1.165, 1.54) is 32.1 Å². The Morgan fingerprint density at radius 3 is 2.75 bits per heavy atom. The number of methoxy groups -OCH3 is 1. The number of ether oxygens (including phenoxy) is 1. The van der Waals surface area contributed by atoms with E-state index >= 15 is 0 Å². The summed E-state index contributed by atoms with van der Waals surface area (Å²) in [6.45, 7) is 1.16. The molecule has 5 nitrogen and oxygen atoms in total. The van der Waals surface area contributed by atoms with Crippen molar-refractivity contribution in [1.82, 2.24) is 5.32 Å². The molecule has 108 valence electrons.